The van der Waals surface area contributed by atoms with Crippen molar-refractivity contribution in [2.24, 2.45) is 5.73 Å². The normalized spacial score (nSPS) is 20.0. The number of hydrogen-bond donors (Lipinski definition) is 1. The summed E-state index contributed by atoms with van der Waals surface area (Å²) in [6, 6.07) is 5.39. The third-order valence-corrected chi connectivity index (χ3v) is 6.68. The Hall–Kier alpha value is -0.140. The number of aryl methyl sites for hydroxylation is 1. The Morgan fingerprint density at radius 2 is 2.10 bits per heavy atom. The van der Waals surface area contributed by atoms with E-state index in [0.717, 1.165) is 31.2 Å². The van der Waals surface area contributed by atoms with Crippen LogP contribution in [0.3, 0.4) is 0 Å². The minimum Gasteiger partial charge on any atom is -0.330 e. The number of benzene rings is 1. The predicted octanol–water partition coefficient (Wildman–Crippen LogP) is 3.07. The molecule has 0 aromatic heterocycles. The Labute approximate surface area is 141 Å². The molecule has 1 saturated heterocycles. The summed E-state index contributed by atoms with van der Waals surface area (Å²) in [5.41, 5.74) is 6.66. The van der Waals surface area contributed by atoms with E-state index in [0.29, 0.717) is 22.5 Å². The van der Waals surface area contributed by atoms with Gasteiger partial charge >= 0.3 is 0 Å². The van der Waals surface area contributed by atoms with Gasteiger partial charge in [0.25, 0.3) is 0 Å². The van der Waals surface area contributed by atoms with Gasteiger partial charge in [-0.05, 0) is 66.4 Å². The first-order valence-electron chi connectivity index (χ1n) is 6.95. The highest BCUT2D eigenvalue weighted by molar-refractivity contribution is 9.10. The second-order valence-corrected chi connectivity index (χ2v) is 7.99. The second kappa shape index (κ2) is 7.92. The molecule has 1 aromatic carbocycles. The molecule has 0 saturated carbocycles. The first kappa shape index (κ1) is 18.9. The highest BCUT2D eigenvalue weighted by Crippen LogP contribution is 2.31. The fourth-order valence-electron chi connectivity index (χ4n) is 2.71. The van der Waals surface area contributed by atoms with Crippen LogP contribution in [0, 0.1) is 6.92 Å². The average molecular weight is 398 g/mol. The summed E-state index contributed by atoms with van der Waals surface area (Å²) in [7, 11) is -3.45. The molecule has 1 heterocycles. The molecule has 1 atom stereocenters. The standard InChI is InChI=1S/C14H21BrN2O2S.ClH/c1-11-5-6-14(13(15)10-11)20(18,19)17-9-3-2-4-12(17)7-8-16;/h5-6,10,12H,2-4,7-9,16H2,1H3;1H. The van der Waals surface area contributed by atoms with Crippen molar-refractivity contribution in [3.8, 4) is 0 Å². The monoisotopic (exact) mass is 396 g/mol. The summed E-state index contributed by atoms with van der Waals surface area (Å²) in [5.74, 6) is 0. The molecule has 0 radical (unpaired) electrons. The lowest BCUT2D eigenvalue weighted by Crippen LogP contribution is -2.44. The van der Waals surface area contributed by atoms with Crippen molar-refractivity contribution in [1.29, 1.82) is 0 Å². The van der Waals surface area contributed by atoms with Crippen molar-refractivity contribution in [3.05, 3.63) is 28.2 Å². The van der Waals surface area contributed by atoms with Gasteiger partial charge in [-0.1, -0.05) is 12.5 Å². The molecule has 0 bridgehead atoms. The number of nitrogens with zero attached hydrogens (tertiary/aromatic N) is 1. The van der Waals surface area contributed by atoms with Crippen molar-refractivity contribution in [1.82, 2.24) is 4.31 Å². The Morgan fingerprint density at radius 1 is 1.38 bits per heavy atom. The van der Waals surface area contributed by atoms with Gasteiger partial charge < -0.3 is 5.73 Å². The lowest BCUT2D eigenvalue weighted by molar-refractivity contribution is 0.243. The molecule has 7 heteroatoms. The topological polar surface area (TPSA) is 63.4 Å². The molecule has 1 fully saturated rings. The number of hydrogen-bond acceptors (Lipinski definition) is 3. The minimum atomic E-state index is -3.45. The SMILES string of the molecule is Cc1ccc(S(=O)(=O)N2CCCCC2CCN)c(Br)c1.Cl. The zero-order chi connectivity index (χ0) is 14.8. The summed E-state index contributed by atoms with van der Waals surface area (Å²) in [4.78, 5) is 0.354. The average Bonchev–Trinajstić information content (AvgIpc) is 2.39. The van der Waals surface area contributed by atoms with Gasteiger partial charge in [-0.3, -0.25) is 0 Å². The summed E-state index contributed by atoms with van der Waals surface area (Å²) in [6.07, 6.45) is 3.62. The van der Waals surface area contributed by atoms with E-state index in [4.69, 9.17) is 5.73 Å². The summed E-state index contributed by atoms with van der Waals surface area (Å²) < 4.78 is 28.0. The van der Waals surface area contributed by atoms with E-state index in [1.54, 1.807) is 10.4 Å². The van der Waals surface area contributed by atoms with Crippen LogP contribution in [-0.2, 0) is 10.0 Å². The van der Waals surface area contributed by atoms with Crippen LogP contribution < -0.4 is 5.73 Å². The molecule has 4 nitrogen and oxygen atoms in total. The van der Waals surface area contributed by atoms with E-state index in [1.165, 1.54) is 0 Å². The number of halogens is 2. The molecule has 1 unspecified atom stereocenters. The van der Waals surface area contributed by atoms with Gasteiger partial charge in [-0.2, -0.15) is 4.31 Å². The van der Waals surface area contributed by atoms with E-state index in [2.05, 4.69) is 15.9 Å². The smallest absolute Gasteiger partial charge is 0.244 e. The van der Waals surface area contributed by atoms with E-state index in [9.17, 15) is 8.42 Å². The quantitative estimate of drug-likeness (QED) is 0.849. The van der Waals surface area contributed by atoms with Crippen LogP contribution >= 0.6 is 28.3 Å². The predicted molar refractivity (Wildman–Crippen MR) is 91.3 cm³/mol. The molecule has 2 N–H and O–H groups in total. The van der Waals surface area contributed by atoms with Gasteiger partial charge in [0.1, 0.15) is 0 Å². The molecule has 21 heavy (non-hydrogen) atoms. The van der Waals surface area contributed by atoms with Crippen LogP contribution in [0.2, 0.25) is 0 Å². The highest BCUT2D eigenvalue weighted by atomic mass is 79.9. The minimum absolute atomic E-state index is 0. The lowest BCUT2D eigenvalue weighted by atomic mass is 10.0. The fraction of sp³-hybridized carbons (Fsp3) is 0.571. The van der Waals surface area contributed by atoms with Crippen molar-refractivity contribution in [3.63, 3.8) is 0 Å². The molecule has 2 rings (SSSR count). The van der Waals surface area contributed by atoms with Crippen LogP contribution in [0.1, 0.15) is 31.2 Å². The van der Waals surface area contributed by atoms with Gasteiger partial charge in [-0.15, -0.1) is 12.4 Å². The number of rotatable bonds is 4. The number of nitrogens with two attached hydrogens (primary N) is 1. The Bertz CT molecular complexity index is 578. The zero-order valence-corrected chi connectivity index (χ0v) is 15.3. The van der Waals surface area contributed by atoms with Crippen molar-refractivity contribution in [2.45, 2.75) is 43.5 Å². The summed E-state index contributed by atoms with van der Waals surface area (Å²) >= 11 is 3.38. The highest BCUT2D eigenvalue weighted by Gasteiger charge is 2.33. The second-order valence-electron chi connectivity index (χ2n) is 5.28. The largest absolute Gasteiger partial charge is 0.330 e. The van der Waals surface area contributed by atoms with Gasteiger partial charge in [0, 0.05) is 17.1 Å². The molecule has 0 amide bonds. The van der Waals surface area contributed by atoms with Gasteiger partial charge in [0.2, 0.25) is 10.0 Å². The summed E-state index contributed by atoms with van der Waals surface area (Å²) in [6.45, 7) is 3.05. The first-order chi connectivity index (χ1) is 9.46. The molecule has 0 spiro atoms. The zero-order valence-electron chi connectivity index (χ0n) is 12.1. The third kappa shape index (κ3) is 4.20. The van der Waals surface area contributed by atoms with Gasteiger partial charge in [0.05, 0.1) is 4.90 Å². The van der Waals surface area contributed by atoms with Gasteiger partial charge in [-0.25, -0.2) is 8.42 Å². The third-order valence-electron chi connectivity index (χ3n) is 3.75. The molecule has 120 valence electrons. The van der Waals surface area contributed by atoms with Crippen molar-refractivity contribution < 1.29 is 8.42 Å². The molecule has 1 aromatic rings. The maximum atomic E-state index is 12.9. The molecular formula is C14H22BrClN2O2S. The Kier molecular flexibility index (Phi) is 7.13. The van der Waals surface area contributed by atoms with Crippen LogP contribution in [0.4, 0.5) is 0 Å². The van der Waals surface area contributed by atoms with Crippen LogP contribution in [0.25, 0.3) is 0 Å². The first-order valence-corrected chi connectivity index (χ1v) is 9.18. The molecular weight excluding hydrogens is 376 g/mol. The van der Waals surface area contributed by atoms with Gasteiger partial charge in [0.15, 0.2) is 0 Å². The maximum absolute atomic E-state index is 12.9. The van der Waals surface area contributed by atoms with Crippen molar-refractivity contribution >= 4 is 38.4 Å². The van der Waals surface area contributed by atoms with Crippen LogP contribution in [-0.4, -0.2) is 31.9 Å². The van der Waals surface area contributed by atoms with E-state index >= 15 is 0 Å². The van der Waals surface area contributed by atoms with Crippen LogP contribution in [0.5, 0.6) is 0 Å². The van der Waals surface area contributed by atoms with E-state index < -0.39 is 10.0 Å². The van der Waals surface area contributed by atoms with Crippen molar-refractivity contribution in [2.75, 3.05) is 13.1 Å². The molecule has 1 aliphatic heterocycles. The van der Waals surface area contributed by atoms with E-state index in [1.807, 2.05) is 19.1 Å². The number of sulfonamides is 1. The van der Waals surface area contributed by atoms with Crippen LogP contribution in [0.15, 0.2) is 27.6 Å². The Morgan fingerprint density at radius 3 is 2.71 bits per heavy atom. The lowest BCUT2D eigenvalue weighted by Gasteiger charge is -2.34. The molecule has 0 aliphatic carbocycles. The number of piperidine rings is 1. The fourth-order valence-corrected chi connectivity index (χ4v) is 5.59. The maximum Gasteiger partial charge on any atom is 0.244 e. The summed E-state index contributed by atoms with van der Waals surface area (Å²) in [5, 5.41) is 0. The van der Waals surface area contributed by atoms with E-state index in [-0.39, 0.29) is 18.4 Å². The molecule has 1 aliphatic rings. The Balaban J connectivity index is 0.00000220.